The molecule has 1 aliphatic carbocycles. The molecule has 47 heavy (non-hydrogen) atoms. The zero-order valence-corrected chi connectivity index (χ0v) is 28.2. The van der Waals surface area contributed by atoms with E-state index in [1.807, 2.05) is 13.8 Å². The minimum atomic E-state index is -0.998. The highest BCUT2D eigenvalue weighted by Crippen LogP contribution is 2.29. The number of fused-ring (bicyclic) bond motifs is 2. The lowest BCUT2D eigenvalue weighted by Crippen LogP contribution is -2.42. The number of hydrogen-bond acceptors (Lipinski definition) is 11. The summed E-state index contributed by atoms with van der Waals surface area (Å²) in [5.74, 6) is -2.07. The van der Waals surface area contributed by atoms with E-state index in [2.05, 4.69) is 15.5 Å². The molecule has 0 radical (unpaired) electrons. The van der Waals surface area contributed by atoms with Crippen LogP contribution in [0.1, 0.15) is 40.5 Å². The van der Waals surface area contributed by atoms with Crippen molar-refractivity contribution in [3.63, 3.8) is 0 Å². The van der Waals surface area contributed by atoms with Gasteiger partial charge in [-0.2, -0.15) is 0 Å². The molecule has 1 fully saturated rings. The molecule has 1 unspecified atom stereocenters. The molecule has 2 amide bonds. The van der Waals surface area contributed by atoms with Crippen molar-refractivity contribution in [3.05, 3.63) is 58.5 Å². The predicted octanol–water partition coefficient (Wildman–Crippen LogP) is 1.68. The number of ether oxygens (including phenoxy) is 4. The number of rotatable bonds is 7. The SMILES string of the molecule is CO[C@H]1/C=C\C=C(/C)C(=O)NC2=CC(=O)C(NCCN3CCOCC3)=C(C[C@@H](C)C[C@H](OC)[C@H](O)[C@@H](C)/C=C(\C)C1OC(N)=O)C2=O. The molecule has 3 aliphatic rings. The van der Waals surface area contributed by atoms with E-state index in [4.69, 9.17) is 24.7 Å². The number of aliphatic hydroxyl groups excluding tert-OH is 1. The normalized spacial score (nSPS) is 32.0. The molecule has 2 bridgehead atoms. The number of primary amides is 1. The van der Waals surface area contributed by atoms with Gasteiger partial charge in [0.05, 0.1) is 36.8 Å². The molecular weight excluding hydrogens is 608 g/mol. The summed E-state index contributed by atoms with van der Waals surface area (Å²) in [5.41, 5.74) is 6.58. The van der Waals surface area contributed by atoms with E-state index in [0.29, 0.717) is 38.3 Å². The second-order valence-corrected chi connectivity index (χ2v) is 12.3. The first kappa shape index (κ1) is 37.8. The van der Waals surface area contributed by atoms with Crippen molar-refractivity contribution in [1.82, 2.24) is 15.5 Å². The lowest BCUT2D eigenvalue weighted by Gasteiger charge is -2.30. The summed E-state index contributed by atoms with van der Waals surface area (Å²) in [4.78, 5) is 54.4. The first-order valence-corrected chi connectivity index (χ1v) is 16.0. The molecule has 0 saturated carbocycles. The van der Waals surface area contributed by atoms with Crippen LogP contribution in [0.25, 0.3) is 0 Å². The maximum absolute atomic E-state index is 13.8. The van der Waals surface area contributed by atoms with Crippen molar-refractivity contribution in [2.24, 2.45) is 17.6 Å². The molecule has 0 spiro atoms. The number of carbonyl (C=O) groups is 4. The zero-order valence-electron chi connectivity index (χ0n) is 28.2. The Balaban J connectivity index is 2.00. The Morgan fingerprint density at radius 1 is 1.15 bits per heavy atom. The van der Waals surface area contributed by atoms with Crippen molar-refractivity contribution in [1.29, 1.82) is 0 Å². The maximum atomic E-state index is 13.8. The van der Waals surface area contributed by atoms with Gasteiger partial charge in [-0.15, -0.1) is 0 Å². The number of methoxy groups -OCH3 is 2. The van der Waals surface area contributed by atoms with Gasteiger partial charge in [0.1, 0.15) is 6.10 Å². The van der Waals surface area contributed by atoms with Crippen molar-refractivity contribution >= 4 is 23.6 Å². The number of nitrogens with one attached hydrogen (secondary N) is 2. The number of ketones is 2. The summed E-state index contributed by atoms with van der Waals surface area (Å²) in [6, 6.07) is 0. The Morgan fingerprint density at radius 3 is 2.49 bits per heavy atom. The van der Waals surface area contributed by atoms with Crippen LogP contribution in [0.15, 0.2) is 58.5 Å². The second-order valence-electron chi connectivity index (χ2n) is 12.3. The van der Waals surface area contributed by atoms with Crippen LogP contribution in [0.3, 0.4) is 0 Å². The quantitative estimate of drug-likeness (QED) is 0.231. The highest BCUT2D eigenvalue weighted by Gasteiger charge is 2.33. The number of nitrogens with zero attached hydrogens (tertiary/aromatic N) is 1. The highest BCUT2D eigenvalue weighted by atomic mass is 16.6. The van der Waals surface area contributed by atoms with Gasteiger partial charge < -0.3 is 40.4 Å². The third-order valence-electron chi connectivity index (χ3n) is 8.63. The smallest absolute Gasteiger partial charge is 0.405 e. The first-order valence-electron chi connectivity index (χ1n) is 16.0. The molecule has 13 heteroatoms. The summed E-state index contributed by atoms with van der Waals surface area (Å²) >= 11 is 0. The number of amides is 2. The Hall–Kier alpha value is -3.62. The Morgan fingerprint density at radius 2 is 1.85 bits per heavy atom. The monoisotopic (exact) mass is 658 g/mol. The van der Waals surface area contributed by atoms with Crippen LogP contribution < -0.4 is 16.4 Å². The molecule has 260 valence electrons. The van der Waals surface area contributed by atoms with E-state index in [1.54, 1.807) is 32.1 Å². The van der Waals surface area contributed by atoms with E-state index >= 15 is 0 Å². The van der Waals surface area contributed by atoms with Gasteiger partial charge in [-0.1, -0.05) is 38.2 Å². The van der Waals surface area contributed by atoms with Gasteiger partial charge in [0.25, 0.3) is 5.91 Å². The fourth-order valence-electron chi connectivity index (χ4n) is 5.94. The lowest BCUT2D eigenvalue weighted by molar-refractivity contribution is -0.120. The average Bonchev–Trinajstić information content (AvgIpc) is 3.04. The van der Waals surface area contributed by atoms with Crippen LogP contribution in [-0.2, 0) is 33.3 Å². The highest BCUT2D eigenvalue weighted by molar-refractivity contribution is 6.23. The van der Waals surface area contributed by atoms with Crippen LogP contribution in [0.4, 0.5) is 4.79 Å². The maximum Gasteiger partial charge on any atom is 0.405 e. The fourth-order valence-corrected chi connectivity index (χ4v) is 5.94. The van der Waals surface area contributed by atoms with Gasteiger partial charge >= 0.3 is 6.09 Å². The number of aliphatic hydroxyl groups is 1. The summed E-state index contributed by atoms with van der Waals surface area (Å²) < 4.78 is 22.1. The second kappa shape index (κ2) is 18.1. The van der Waals surface area contributed by atoms with Gasteiger partial charge in [-0.25, -0.2) is 4.79 Å². The molecule has 2 heterocycles. The largest absolute Gasteiger partial charge is 0.439 e. The van der Waals surface area contributed by atoms with Crippen molar-refractivity contribution in [3.8, 4) is 0 Å². The molecule has 0 aromatic carbocycles. The Labute approximate surface area is 276 Å². The Bertz CT molecular complexity index is 1310. The van der Waals surface area contributed by atoms with E-state index in [0.717, 1.165) is 19.2 Å². The van der Waals surface area contributed by atoms with Gasteiger partial charge in [-0.05, 0) is 38.2 Å². The number of allylic oxidation sites excluding steroid dienone is 4. The number of nitrogens with two attached hydrogens (primary N) is 1. The molecule has 3 rings (SSSR count). The fraction of sp³-hybridized carbons (Fsp3) is 0.588. The minimum Gasteiger partial charge on any atom is -0.439 e. The van der Waals surface area contributed by atoms with E-state index < -0.39 is 53.9 Å². The zero-order chi connectivity index (χ0) is 34.7. The molecule has 6 atom stereocenters. The third-order valence-corrected chi connectivity index (χ3v) is 8.63. The van der Waals surface area contributed by atoms with Gasteiger partial charge in [0.15, 0.2) is 6.10 Å². The van der Waals surface area contributed by atoms with Crippen LogP contribution in [0.5, 0.6) is 0 Å². The van der Waals surface area contributed by atoms with Crippen molar-refractivity contribution in [2.45, 2.75) is 65.0 Å². The molecular formula is C34H50N4O9. The average molecular weight is 659 g/mol. The summed E-state index contributed by atoms with van der Waals surface area (Å²) in [6.45, 7) is 11.0. The first-order chi connectivity index (χ1) is 22.4. The number of Topliss-reactive ketones (excluding diaryl/α,β-unsaturated/α-hetero) is 1. The molecule has 0 aromatic heterocycles. The number of morpholine rings is 1. The number of hydrogen-bond donors (Lipinski definition) is 4. The third kappa shape index (κ3) is 10.7. The lowest BCUT2D eigenvalue weighted by atomic mass is 9.85. The van der Waals surface area contributed by atoms with Crippen LogP contribution >= 0.6 is 0 Å². The minimum absolute atomic E-state index is 0.114. The van der Waals surface area contributed by atoms with Gasteiger partial charge in [0.2, 0.25) is 11.6 Å². The standard InChI is InChI=1S/C34H50N4O9/c1-20-16-24-29(36-10-11-38-12-14-46-15-13-38)26(39)19-25(31(24)41)37-33(42)21(2)8-7-9-27(44-5)32(47-34(35)43)23(4)18-22(3)30(40)28(17-20)45-6/h7-9,18-20,22,27-28,30,32,36,40H,10-17H2,1-6H3,(H2,35,43)(H,37,42)/b9-7-,21-8+,23-18+/t20-,22+,27+,28+,30-,32?/m1/s1. The molecule has 0 aromatic rings. The molecule has 2 aliphatic heterocycles. The van der Waals surface area contributed by atoms with Crippen LogP contribution in [-0.4, -0.2) is 112 Å². The topological polar surface area (TPSA) is 179 Å². The molecule has 1 saturated heterocycles. The van der Waals surface area contributed by atoms with E-state index in [9.17, 15) is 24.3 Å². The van der Waals surface area contributed by atoms with E-state index in [-0.39, 0.29) is 34.9 Å². The van der Waals surface area contributed by atoms with Gasteiger partial charge in [0, 0.05) is 63.5 Å². The van der Waals surface area contributed by atoms with Crippen molar-refractivity contribution in [2.75, 3.05) is 53.6 Å². The molecule has 13 nitrogen and oxygen atoms in total. The predicted molar refractivity (Wildman–Crippen MR) is 175 cm³/mol. The van der Waals surface area contributed by atoms with Crippen molar-refractivity contribution < 1.29 is 43.2 Å². The summed E-state index contributed by atoms with van der Waals surface area (Å²) in [5, 5.41) is 17.2. The van der Waals surface area contributed by atoms with Crippen LogP contribution in [0.2, 0.25) is 0 Å². The van der Waals surface area contributed by atoms with Crippen LogP contribution in [0, 0.1) is 11.8 Å². The Kier molecular flexibility index (Phi) is 14.5. The summed E-state index contributed by atoms with van der Waals surface area (Å²) in [6.07, 6.45) is 3.88. The molecule has 5 N–H and O–H groups in total. The summed E-state index contributed by atoms with van der Waals surface area (Å²) in [7, 11) is 2.94. The number of carbonyl (C=O) groups excluding carboxylic acids is 4. The van der Waals surface area contributed by atoms with E-state index in [1.165, 1.54) is 20.3 Å². The van der Waals surface area contributed by atoms with Gasteiger partial charge in [-0.3, -0.25) is 19.3 Å².